The van der Waals surface area contributed by atoms with E-state index in [0.29, 0.717) is 0 Å². The highest BCUT2D eigenvalue weighted by molar-refractivity contribution is 5.91. The highest BCUT2D eigenvalue weighted by Gasteiger charge is 2.14. The Morgan fingerprint density at radius 2 is 1.71 bits per heavy atom. The average Bonchev–Trinajstić information content (AvgIpc) is 2.15. The van der Waals surface area contributed by atoms with Crippen LogP contribution in [0.15, 0.2) is 30.3 Å². The van der Waals surface area contributed by atoms with Crippen LogP contribution < -0.4 is 0 Å². The average molecular weight is 232 g/mol. The zero-order valence-electron chi connectivity index (χ0n) is 11.2. The van der Waals surface area contributed by atoms with Crippen molar-refractivity contribution in [3.05, 3.63) is 41.5 Å². The largest absolute Gasteiger partial charge is 0.457 e. The Kier molecular flexibility index (Phi) is 4.11. The summed E-state index contributed by atoms with van der Waals surface area (Å²) in [5, 5.41) is 0. The molecule has 1 aromatic rings. The summed E-state index contributed by atoms with van der Waals surface area (Å²) >= 11 is 0. The molecule has 17 heavy (non-hydrogen) atoms. The summed E-state index contributed by atoms with van der Waals surface area (Å²) in [7, 11) is 0. The second-order valence-electron chi connectivity index (χ2n) is 5.23. The molecule has 0 aliphatic rings. The van der Waals surface area contributed by atoms with Crippen molar-refractivity contribution in [2.24, 2.45) is 0 Å². The summed E-state index contributed by atoms with van der Waals surface area (Å²) in [6.07, 6.45) is 1.54. The third-order valence-electron chi connectivity index (χ3n) is 2.25. The van der Waals surface area contributed by atoms with Crippen LogP contribution in [0.5, 0.6) is 0 Å². The Hall–Kier alpha value is -1.57. The number of benzene rings is 1. The van der Waals surface area contributed by atoms with Gasteiger partial charge in [0.05, 0.1) is 0 Å². The van der Waals surface area contributed by atoms with E-state index >= 15 is 0 Å². The first-order valence-corrected chi connectivity index (χ1v) is 5.76. The Balaban J connectivity index is 2.79. The van der Waals surface area contributed by atoms with Gasteiger partial charge in [-0.2, -0.15) is 0 Å². The molecule has 1 rings (SSSR count). The second-order valence-corrected chi connectivity index (χ2v) is 5.23. The van der Waals surface area contributed by atoms with Gasteiger partial charge in [-0.15, -0.1) is 0 Å². The van der Waals surface area contributed by atoms with Gasteiger partial charge < -0.3 is 4.74 Å². The lowest BCUT2D eigenvalue weighted by molar-refractivity contribution is -0.148. The molecule has 0 heterocycles. The van der Waals surface area contributed by atoms with Crippen molar-refractivity contribution in [1.82, 2.24) is 0 Å². The minimum atomic E-state index is -0.443. The molecule has 0 aliphatic heterocycles. The van der Waals surface area contributed by atoms with Crippen molar-refractivity contribution < 1.29 is 9.53 Å². The van der Waals surface area contributed by atoms with Gasteiger partial charge in [0, 0.05) is 6.08 Å². The maximum Gasteiger partial charge on any atom is 0.331 e. The van der Waals surface area contributed by atoms with Crippen molar-refractivity contribution in [1.29, 1.82) is 0 Å². The fourth-order valence-electron chi connectivity index (χ4n) is 1.41. The van der Waals surface area contributed by atoms with Gasteiger partial charge in [0.25, 0.3) is 0 Å². The predicted octanol–water partition coefficient (Wildman–Crippen LogP) is 3.74. The maximum atomic E-state index is 11.6. The molecule has 0 fully saturated rings. The van der Waals surface area contributed by atoms with Crippen molar-refractivity contribution in [2.75, 3.05) is 0 Å². The van der Waals surface area contributed by atoms with E-state index in [1.54, 1.807) is 0 Å². The molecular weight excluding hydrogens is 212 g/mol. The first kappa shape index (κ1) is 13.5. The Labute approximate surface area is 103 Å². The van der Waals surface area contributed by atoms with Crippen LogP contribution in [0.3, 0.4) is 0 Å². The lowest BCUT2D eigenvalue weighted by Crippen LogP contribution is -2.22. The monoisotopic (exact) mass is 232 g/mol. The van der Waals surface area contributed by atoms with Gasteiger partial charge in [0.15, 0.2) is 0 Å². The molecular formula is C15H20O2. The van der Waals surface area contributed by atoms with Crippen molar-refractivity contribution >= 4 is 11.5 Å². The molecule has 0 bridgehead atoms. The van der Waals surface area contributed by atoms with E-state index in [-0.39, 0.29) is 5.97 Å². The van der Waals surface area contributed by atoms with E-state index in [2.05, 4.69) is 0 Å². The molecule has 0 radical (unpaired) electrons. The molecule has 0 saturated heterocycles. The summed E-state index contributed by atoms with van der Waals surface area (Å²) in [5.41, 5.74) is 2.72. The maximum absolute atomic E-state index is 11.6. The van der Waals surface area contributed by atoms with Crippen LogP contribution in [0.25, 0.3) is 5.57 Å². The van der Waals surface area contributed by atoms with Crippen molar-refractivity contribution in [2.45, 2.75) is 40.2 Å². The fraction of sp³-hybridized carbons (Fsp3) is 0.400. The highest BCUT2D eigenvalue weighted by atomic mass is 16.6. The fourth-order valence-corrected chi connectivity index (χ4v) is 1.41. The van der Waals surface area contributed by atoms with Crippen molar-refractivity contribution in [3.63, 3.8) is 0 Å². The Morgan fingerprint density at radius 1 is 1.18 bits per heavy atom. The smallest absolute Gasteiger partial charge is 0.331 e. The summed E-state index contributed by atoms with van der Waals surface area (Å²) < 4.78 is 5.24. The van der Waals surface area contributed by atoms with Crippen LogP contribution in [0.1, 0.15) is 38.8 Å². The van der Waals surface area contributed by atoms with Gasteiger partial charge in [-0.25, -0.2) is 4.79 Å². The molecule has 1 aromatic carbocycles. The zero-order chi connectivity index (χ0) is 13.1. The molecule has 0 saturated carbocycles. The molecule has 2 heteroatoms. The van der Waals surface area contributed by atoms with Gasteiger partial charge in [0.2, 0.25) is 0 Å². The molecule has 0 amide bonds. The molecule has 0 aliphatic carbocycles. The topological polar surface area (TPSA) is 26.3 Å². The van der Waals surface area contributed by atoms with Gasteiger partial charge >= 0.3 is 5.97 Å². The lowest BCUT2D eigenvalue weighted by atomic mass is 10.1. The summed E-state index contributed by atoms with van der Waals surface area (Å²) in [5.74, 6) is -0.296. The van der Waals surface area contributed by atoms with E-state index in [4.69, 9.17) is 4.74 Å². The lowest BCUT2D eigenvalue weighted by Gasteiger charge is -2.18. The number of esters is 1. The Bertz CT molecular complexity index is 419. The molecule has 2 nitrogen and oxygen atoms in total. The van der Waals surface area contributed by atoms with Crippen LogP contribution in [0.4, 0.5) is 0 Å². The van der Waals surface area contributed by atoms with Crippen LogP contribution in [0, 0.1) is 6.92 Å². The number of ether oxygens (including phenoxy) is 1. The third-order valence-corrected chi connectivity index (χ3v) is 2.25. The normalized spacial score (nSPS) is 12.4. The minimum absolute atomic E-state index is 0.296. The number of carbonyl (C=O) groups is 1. The van der Waals surface area contributed by atoms with Gasteiger partial charge in [-0.1, -0.05) is 29.8 Å². The number of hydrogen-bond acceptors (Lipinski definition) is 2. The van der Waals surface area contributed by atoms with Crippen LogP contribution >= 0.6 is 0 Å². The number of allylic oxidation sites excluding steroid dienone is 1. The van der Waals surface area contributed by atoms with Gasteiger partial charge in [0.1, 0.15) is 5.60 Å². The van der Waals surface area contributed by atoms with Crippen LogP contribution in [-0.4, -0.2) is 11.6 Å². The molecule has 0 atom stereocenters. The quantitative estimate of drug-likeness (QED) is 0.573. The standard InChI is InChI=1S/C15H20O2/c1-11-6-8-13(9-7-11)12(2)10-14(16)17-15(3,4)5/h6-10H,1-5H3. The highest BCUT2D eigenvalue weighted by Crippen LogP contribution is 2.15. The molecule has 0 aromatic heterocycles. The second kappa shape index (κ2) is 5.17. The van der Waals surface area contributed by atoms with Gasteiger partial charge in [-0.3, -0.25) is 0 Å². The number of hydrogen-bond donors (Lipinski definition) is 0. The predicted molar refractivity (Wildman–Crippen MR) is 70.7 cm³/mol. The van der Waals surface area contributed by atoms with Crippen LogP contribution in [0.2, 0.25) is 0 Å². The molecule has 0 spiro atoms. The van der Waals surface area contributed by atoms with E-state index < -0.39 is 5.60 Å². The zero-order valence-corrected chi connectivity index (χ0v) is 11.2. The van der Waals surface area contributed by atoms with E-state index in [0.717, 1.165) is 11.1 Å². The first-order chi connectivity index (χ1) is 7.78. The SMILES string of the molecule is CC(=CC(=O)OC(C)(C)C)c1ccc(C)cc1. The molecule has 92 valence electrons. The van der Waals surface area contributed by atoms with E-state index in [1.807, 2.05) is 58.9 Å². The third kappa shape index (κ3) is 4.85. The molecule has 0 unspecified atom stereocenters. The number of carbonyl (C=O) groups excluding carboxylic acids is 1. The summed E-state index contributed by atoms with van der Waals surface area (Å²) in [6, 6.07) is 8.07. The minimum Gasteiger partial charge on any atom is -0.457 e. The summed E-state index contributed by atoms with van der Waals surface area (Å²) in [4.78, 5) is 11.6. The van der Waals surface area contributed by atoms with Gasteiger partial charge in [-0.05, 0) is 45.8 Å². The van der Waals surface area contributed by atoms with Crippen LogP contribution in [-0.2, 0) is 9.53 Å². The summed E-state index contributed by atoms with van der Waals surface area (Å²) in [6.45, 7) is 9.53. The number of aryl methyl sites for hydroxylation is 1. The van der Waals surface area contributed by atoms with E-state index in [9.17, 15) is 4.79 Å². The first-order valence-electron chi connectivity index (χ1n) is 5.76. The van der Waals surface area contributed by atoms with Crippen molar-refractivity contribution in [3.8, 4) is 0 Å². The Morgan fingerprint density at radius 3 is 2.18 bits per heavy atom. The molecule has 0 N–H and O–H groups in total. The number of rotatable bonds is 2. The van der Waals surface area contributed by atoms with E-state index in [1.165, 1.54) is 11.6 Å².